The van der Waals surface area contributed by atoms with Gasteiger partial charge in [-0.05, 0) is 18.6 Å². The van der Waals surface area contributed by atoms with Crippen LogP contribution < -0.4 is 16.0 Å². The van der Waals surface area contributed by atoms with Gasteiger partial charge in [-0.15, -0.1) is 24.0 Å². The molecular weight excluding hydrogens is 476 g/mol. The van der Waals surface area contributed by atoms with Crippen molar-refractivity contribution in [2.45, 2.75) is 19.1 Å². The molecule has 0 bridgehead atoms. The Bertz CT molecular complexity index is 715. The maximum Gasteiger partial charge on any atom is 0.417 e. The van der Waals surface area contributed by atoms with Crippen LogP contribution >= 0.6 is 24.0 Å². The Hall–Kier alpha value is -2.12. The van der Waals surface area contributed by atoms with Crippen LogP contribution in [0.5, 0.6) is 0 Å². The second kappa shape index (κ2) is 10.9. The van der Waals surface area contributed by atoms with Crippen molar-refractivity contribution < 1.29 is 13.2 Å². The fourth-order valence-electron chi connectivity index (χ4n) is 2.04. The summed E-state index contributed by atoms with van der Waals surface area (Å²) >= 11 is 0. The van der Waals surface area contributed by atoms with E-state index in [2.05, 4.69) is 36.0 Å². The molecule has 3 N–H and O–H groups in total. The molecule has 12 heteroatoms. The molecule has 2 rings (SSSR count). The van der Waals surface area contributed by atoms with Crippen LogP contribution in [0.1, 0.15) is 17.8 Å². The van der Waals surface area contributed by atoms with E-state index in [1.807, 2.05) is 0 Å². The topological polar surface area (TPSA) is 92.1 Å². The predicted octanol–water partition coefficient (Wildman–Crippen LogP) is 2.01. The van der Waals surface area contributed by atoms with Crippen LogP contribution in [0.2, 0.25) is 0 Å². The molecule has 2 aromatic rings. The molecule has 0 unspecified atom stereocenters. The number of rotatable bonds is 7. The summed E-state index contributed by atoms with van der Waals surface area (Å²) in [4.78, 5) is 12.0. The number of aliphatic imine (C=N–C) groups is 1. The number of alkyl halides is 3. The van der Waals surface area contributed by atoms with Crippen LogP contribution in [0.15, 0.2) is 29.6 Å². The smallest absolute Gasteiger partial charge is 0.370 e. The zero-order valence-electron chi connectivity index (χ0n) is 14.9. The quantitative estimate of drug-likeness (QED) is 0.234. The minimum Gasteiger partial charge on any atom is -0.370 e. The molecule has 2 heterocycles. The lowest BCUT2D eigenvalue weighted by molar-refractivity contribution is -0.137. The lowest BCUT2D eigenvalue weighted by Gasteiger charge is -2.12. The van der Waals surface area contributed by atoms with E-state index in [0.717, 1.165) is 24.5 Å². The Morgan fingerprint density at radius 2 is 1.96 bits per heavy atom. The van der Waals surface area contributed by atoms with Gasteiger partial charge in [-0.3, -0.25) is 9.67 Å². The lowest BCUT2D eigenvalue weighted by Crippen LogP contribution is -2.38. The number of anilines is 1. The second-order valence-electron chi connectivity index (χ2n) is 5.36. The largest absolute Gasteiger partial charge is 0.417 e. The average Bonchev–Trinajstić information content (AvgIpc) is 3.02. The number of hydrogen-bond donors (Lipinski definition) is 3. The molecule has 0 saturated heterocycles. The molecule has 0 radical (unpaired) electrons. The number of hydrogen-bond acceptors (Lipinski definition) is 5. The van der Waals surface area contributed by atoms with Crippen LogP contribution in [0.25, 0.3) is 0 Å². The number of halogens is 4. The van der Waals surface area contributed by atoms with Gasteiger partial charge in [0.1, 0.15) is 18.0 Å². The van der Waals surface area contributed by atoms with Gasteiger partial charge in [0.25, 0.3) is 0 Å². The third-order valence-electron chi connectivity index (χ3n) is 3.49. The van der Waals surface area contributed by atoms with Crippen molar-refractivity contribution in [1.29, 1.82) is 0 Å². The summed E-state index contributed by atoms with van der Waals surface area (Å²) < 4.78 is 39.1. The summed E-state index contributed by atoms with van der Waals surface area (Å²) in [5, 5.41) is 13.2. The predicted molar refractivity (Wildman–Crippen MR) is 107 cm³/mol. The van der Waals surface area contributed by atoms with E-state index >= 15 is 0 Å². The highest BCUT2D eigenvalue weighted by molar-refractivity contribution is 14.0. The molecule has 27 heavy (non-hydrogen) atoms. The van der Waals surface area contributed by atoms with Gasteiger partial charge in [0.05, 0.1) is 12.1 Å². The van der Waals surface area contributed by atoms with E-state index in [-0.39, 0.29) is 24.0 Å². The Morgan fingerprint density at radius 1 is 1.19 bits per heavy atom. The number of nitrogens with one attached hydrogen (secondary N) is 3. The van der Waals surface area contributed by atoms with Crippen molar-refractivity contribution in [1.82, 2.24) is 30.4 Å². The molecule has 0 amide bonds. The SMILES string of the molecule is CN=C(NCCCNc1ccc(C(F)(F)F)cn1)NCc1ncnn1C.I. The number of nitrogens with zero attached hydrogens (tertiary/aromatic N) is 5. The summed E-state index contributed by atoms with van der Waals surface area (Å²) in [7, 11) is 3.47. The first-order valence-electron chi connectivity index (χ1n) is 7.94. The fourth-order valence-corrected chi connectivity index (χ4v) is 2.04. The first-order valence-corrected chi connectivity index (χ1v) is 7.94. The van der Waals surface area contributed by atoms with Gasteiger partial charge in [0.15, 0.2) is 5.96 Å². The first-order chi connectivity index (χ1) is 12.4. The molecule has 150 valence electrons. The van der Waals surface area contributed by atoms with E-state index in [4.69, 9.17) is 0 Å². The summed E-state index contributed by atoms with van der Waals surface area (Å²) in [6.45, 7) is 1.68. The van der Waals surface area contributed by atoms with Crippen molar-refractivity contribution in [2.24, 2.45) is 12.0 Å². The highest BCUT2D eigenvalue weighted by Gasteiger charge is 2.30. The molecule has 0 saturated carbocycles. The van der Waals surface area contributed by atoms with Crippen LogP contribution in [-0.4, -0.2) is 45.8 Å². The molecular formula is C15H22F3IN8. The van der Waals surface area contributed by atoms with Gasteiger partial charge < -0.3 is 16.0 Å². The minimum absolute atomic E-state index is 0. The van der Waals surface area contributed by atoms with Crippen LogP contribution in [0, 0.1) is 0 Å². The average molecular weight is 498 g/mol. The first kappa shape index (κ1) is 22.9. The number of aromatic nitrogens is 4. The van der Waals surface area contributed by atoms with Crippen molar-refractivity contribution in [3.8, 4) is 0 Å². The summed E-state index contributed by atoms with van der Waals surface area (Å²) in [5.74, 6) is 1.81. The number of guanidine groups is 1. The molecule has 0 spiro atoms. The van der Waals surface area contributed by atoms with Crippen LogP contribution in [-0.2, 0) is 19.8 Å². The Balaban J connectivity index is 0.00000364. The van der Waals surface area contributed by atoms with E-state index in [1.54, 1.807) is 18.8 Å². The summed E-state index contributed by atoms with van der Waals surface area (Å²) in [6.07, 6.45) is -1.34. The zero-order valence-corrected chi connectivity index (χ0v) is 17.2. The molecule has 2 aromatic heterocycles. The third kappa shape index (κ3) is 7.56. The van der Waals surface area contributed by atoms with Crippen LogP contribution in [0.3, 0.4) is 0 Å². The normalized spacial score (nSPS) is 11.7. The molecule has 0 aliphatic carbocycles. The summed E-state index contributed by atoms with van der Waals surface area (Å²) in [6, 6.07) is 2.32. The highest BCUT2D eigenvalue weighted by atomic mass is 127. The van der Waals surface area contributed by atoms with Crippen molar-refractivity contribution >= 4 is 35.8 Å². The van der Waals surface area contributed by atoms with Gasteiger partial charge in [-0.25, -0.2) is 9.97 Å². The van der Waals surface area contributed by atoms with E-state index in [1.165, 1.54) is 12.4 Å². The Morgan fingerprint density at radius 3 is 2.52 bits per heavy atom. The van der Waals surface area contributed by atoms with Gasteiger partial charge in [0.2, 0.25) is 0 Å². The molecule has 0 aliphatic heterocycles. The van der Waals surface area contributed by atoms with Gasteiger partial charge in [-0.1, -0.05) is 0 Å². The minimum atomic E-state index is -4.37. The van der Waals surface area contributed by atoms with Gasteiger partial charge >= 0.3 is 6.18 Å². The highest BCUT2D eigenvalue weighted by Crippen LogP contribution is 2.28. The van der Waals surface area contributed by atoms with Crippen molar-refractivity contribution in [3.63, 3.8) is 0 Å². The second-order valence-corrected chi connectivity index (χ2v) is 5.36. The van der Waals surface area contributed by atoms with E-state index in [9.17, 15) is 13.2 Å². The molecule has 0 atom stereocenters. The zero-order chi connectivity index (χ0) is 19.0. The van der Waals surface area contributed by atoms with E-state index < -0.39 is 11.7 Å². The maximum atomic E-state index is 12.5. The Labute approximate surface area is 172 Å². The Kier molecular flexibility index (Phi) is 9.25. The standard InChI is InChI=1S/C15H21F3N8.HI/c1-19-14(23-9-13-24-10-25-26(13)2)21-7-3-6-20-12-5-4-11(8-22-12)15(16,17)18;/h4-5,8,10H,3,6-7,9H2,1-2H3,(H,20,22)(H2,19,21,23);1H. The van der Waals surface area contributed by atoms with Gasteiger partial charge in [-0.2, -0.15) is 18.3 Å². The van der Waals surface area contributed by atoms with Gasteiger partial charge in [0, 0.05) is 33.4 Å². The maximum absolute atomic E-state index is 12.5. The fraction of sp³-hybridized carbons (Fsp3) is 0.467. The number of pyridine rings is 1. The monoisotopic (exact) mass is 498 g/mol. The lowest BCUT2D eigenvalue weighted by atomic mass is 10.3. The molecule has 8 nitrogen and oxygen atoms in total. The summed E-state index contributed by atoms with van der Waals surface area (Å²) in [5.41, 5.74) is -0.762. The van der Waals surface area contributed by atoms with Crippen molar-refractivity contribution in [2.75, 3.05) is 25.5 Å². The molecule has 0 aromatic carbocycles. The number of aryl methyl sites for hydroxylation is 1. The molecule has 0 fully saturated rings. The van der Waals surface area contributed by atoms with Crippen LogP contribution in [0.4, 0.5) is 19.0 Å². The third-order valence-corrected chi connectivity index (χ3v) is 3.49. The molecule has 0 aliphatic rings. The van der Waals surface area contributed by atoms with E-state index in [0.29, 0.717) is 31.4 Å². The van der Waals surface area contributed by atoms with Crippen molar-refractivity contribution in [3.05, 3.63) is 36.0 Å².